The molecule has 1 aromatic carbocycles. The molecule has 0 bridgehead atoms. The van der Waals surface area contributed by atoms with Crippen molar-refractivity contribution in [3.8, 4) is 0 Å². The Balaban J connectivity index is 1.49. The number of carbonyl (C=O) groups excluding carboxylic acids is 3. The van der Waals surface area contributed by atoms with Crippen molar-refractivity contribution < 1.29 is 19.1 Å². The van der Waals surface area contributed by atoms with Gasteiger partial charge < -0.3 is 14.2 Å². The van der Waals surface area contributed by atoms with E-state index in [0.717, 1.165) is 36.2 Å². The topological polar surface area (TPSA) is 99.3 Å². The van der Waals surface area contributed by atoms with Gasteiger partial charge in [-0.3, -0.25) is 14.3 Å². The largest absolute Gasteiger partial charge is 0.465 e. The maximum atomic E-state index is 13.2. The number of hydrogen-bond donors (Lipinski definition) is 0. The van der Waals surface area contributed by atoms with Gasteiger partial charge in [-0.05, 0) is 38.0 Å². The molecule has 0 spiro atoms. The molecule has 0 aliphatic carbocycles. The minimum atomic E-state index is -0.544. The average molecular weight is 476 g/mol. The molecule has 4 aromatic rings. The van der Waals surface area contributed by atoms with Crippen molar-refractivity contribution in [1.29, 1.82) is 0 Å². The van der Waals surface area contributed by atoms with Crippen LogP contribution in [-0.4, -0.2) is 63.0 Å². The highest BCUT2D eigenvalue weighted by Crippen LogP contribution is 2.28. The molecule has 9 heteroatoms. The number of esters is 1. The number of pyridine rings is 1. The third-order valence-electron chi connectivity index (χ3n) is 6.15. The van der Waals surface area contributed by atoms with Crippen LogP contribution in [0, 0.1) is 6.92 Å². The molecular weight excluding hydrogens is 446 g/mol. The lowest BCUT2D eigenvalue weighted by molar-refractivity contribution is 0.0603. The van der Waals surface area contributed by atoms with Crippen LogP contribution < -0.4 is 0 Å². The van der Waals surface area contributed by atoms with Gasteiger partial charge in [-0.15, -0.1) is 0 Å². The van der Waals surface area contributed by atoms with Crippen LogP contribution in [0.4, 0.5) is 4.79 Å². The number of Topliss-reactive ketones (excluding diaryl/α,β-unsaturated/α-hetero) is 1. The second-order valence-electron chi connectivity index (χ2n) is 8.69. The number of rotatable bonds is 8. The van der Waals surface area contributed by atoms with E-state index in [1.54, 1.807) is 44.7 Å². The SMILES string of the molecule is COC(=O)c1cccc2c1c(C(=O)CCCCCn1c(C)nc3cnccc31)cn2C(=O)N(C)C. The summed E-state index contributed by atoms with van der Waals surface area (Å²) in [5.74, 6) is 0.294. The molecule has 3 aromatic heterocycles. The molecule has 35 heavy (non-hydrogen) atoms. The molecule has 9 nitrogen and oxygen atoms in total. The summed E-state index contributed by atoms with van der Waals surface area (Å²) in [4.78, 5) is 48.5. The van der Waals surface area contributed by atoms with E-state index < -0.39 is 5.97 Å². The minimum Gasteiger partial charge on any atom is -0.465 e. The number of carbonyl (C=O) groups is 3. The van der Waals surface area contributed by atoms with E-state index >= 15 is 0 Å². The number of aromatic nitrogens is 4. The Hall–Kier alpha value is -4.01. The summed E-state index contributed by atoms with van der Waals surface area (Å²) in [6.07, 6.45) is 7.83. The highest BCUT2D eigenvalue weighted by Gasteiger charge is 2.24. The first kappa shape index (κ1) is 24.1. The van der Waals surface area contributed by atoms with Crippen LogP contribution in [-0.2, 0) is 11.3 Å². The standard InChI is InChI=1S/C26H29N5O4/c1-17-28-20-15-27-13-12-21(20)30(17)14-7-5-6-11-23(32)19-16-31(26(34)29(2)3)22-10-8-9-18(24(19)22)25(33)35-4/h8-10,12-13,15-16H,5-7,11,14H2,1-4H3. The van der Waals surface area contributed by atoms with Crippen molar-refractivity contribution in [2.45, 2.75) is 39.2 Å². The van der Waals surface area contributed by atoms with Crippen molar-refractivity contribution in [3.63, 3.8) is 0 Å². The first-order valence-corrected chi connectivity index (χ1v) is 11.6. The van der Waals surface area contributed by atoms with E-state index in [1.165, 1.54) is 22.8 Å². The van der Waals surface area contributed by atoms with Crippen molar-refractivity contribution >= 4 is 39.7 Å². The summed E-state index contributed by atoms with van der Waals surface area (Å²) in [6.45, 7) is 2.79. The van der Waals surface area contributed by atoms with E-state index in [9.17, 15) is 14.4 Å². The van der Waals surface area contributed by atoms with E-state index in [4.69, 9.17) is 4.74 Å². The number of ether oxygens (including phenoxy) is 1. The summed E-state index contributed by atoms with van der Waals surface area (Å²) in [6, 6.07) is 6.69. The summed E-state index contributed by atoms with van der Waals surface area (Å²) < 4.78 is 8.50. The predicted octanol–water partition coefficient (Wildman–Crippen LogP) is 4.45. The molecule has 0 fully saturated rings. The van der Waals surface area contributed by atoms with Crippen LogP contribution in [0.2, 0.25) is 0 Å². The third-order valence-corrected chi connectivity index (χ3v) is 6.15. The summed E-state index contributed by atoms with van der Waals surface area (Å²) >= 11 is 0. The highest BCUT2D eigenvalue weighted by molar-refractivity contribution is 6.16. The smallest absolute Gasteiger partial charge is 0.338 e. The van der Waals surface area contributed by atoms with Gasteiger partial charge in [-0.1, -0.05) is 12.5 Å². The molecule has 0 unspecified atom stereocenters. The third kappa shape index (κ3) is 4.66. The Morgan fingerprint density at radius 1 is 1.03 bits per heavy atom. The van der Waals surface area contributed by atoms with Crippen molar-refractivity contribution in [1.82, 2.24) is 24.0 Å². The Bertz CT molecular complexity index is 1420. The number of imidazole rings is 1. The van der Waals surface area contributed by atoms with Gasteiger partial charge in [-0.25, -0.2) is 14.6 Å². The summed E-state index contributed by atoms with van der Waals surface area (Å²) in [5.41, 5.74) is 3.08. The fraction of sp³-hybridized carbons (Fsp3) is 0.346. The van der Waals surface area contributed by atoms with Crippen molar-refractivity contribution in [2.75, 3.05) is 21.2 Å². The van der Waals surface area contributed by atoms with Crippen molar-refractivity contribution in [3.05, 3.63) is 59.8 Å². The minimum absolute atomic E-state index is 0.105. The maximum Gasteiger partial charge on any atom is 0.338 e. The van der Waals surface area contributed by atoms with Crippen LogP contribution in [0.25, 0.3) is 21.9 Å². The predicted molar refractivity (Wildman–Crippen MR) is 133 cm³/mol. The highest BCUT2D eigenvalue weighted by atomic mass is 16.5. The zero-order chi connectivity index (χ0) is 25.1. The van der Waals surface area contributed by atoms with Gasteiger partial charge in [0.05, 0.1) is 29.9 Å². The van der Waals surface area contributed by atoms with Crippen LogP contribution in [0.3, 0.4) is 0 Å². The van der Waals surface area contributed by atoms with Gasteiger partial charge in [0.25, 0.3) is 0 Å². The fourth-order valence-corrected chi connectivity index (χ4v) is 4.40. The Kier molecular flexibility index (Phi) is 6.95. The number of ketones is 1. The zero-order valence-corrected chi connectivity index (χ0v) is 20.4. The van der Waals surface area contributed by atoms with Gasteiger partial charge in [0.1, 0.15) is 11.3 Å². The Morgan fingerprint density at radius 2 is 1.83 bits per heavy atom. The Morgan fingerprint density at radius 3 is 2.57 bits per heavy atom. The van der Waals surface area contributed by atoms with E-state index in [-0.39, 0.29) is 17.4 Å². The lowest BCUT2D eigenvalue weighted by Gasteiger charge is -2.11. The number of nitrogens with zero attached hydrogens (tertiary/aromatic N) is 5. The molecule has 0 atom stereocenters. The molecule has 0 aliphatic heterocycles. The summed E-state index contributed by atoms with van der Waals surface area (Å²) in [7, 11) is 4.58. The first-order valence-electron chi connectivity index (χ1n) is 11.6. The summed E-state index contributed by atoms with van der Waals surface area (Å²) in [5, 5.41) is 0.452. The molecular formula is C26H29N5O4. The molecule has 3 heterocycles. The number of aryl methyl sites for hydroxylation is 2. The van der Waals surface area contributed by atoms with Gasteiger partial charge in [0.15, 0.2) is 5.78 Å². The lowest BCUT2D eigenvalue weighted by atomic mass is 10.0. The molecule has 4 rings (SSSR count). The molecule has 1 amide bonds. The molecule has 0 saturated heterocycles. The fourth-order valence-electron chi connectivity index (χ4n) is 4.40. The van der Waals surface area contributed by atoms with Crippen molar-refractivity contribution in [2.24, 2.45) is 0 Å². The zero-order valence-electron chi connectivity index (χ0n) is 20.4. The van der Waals surface area contributed by atoms with Crippen LogP contribution in [0.1, 0.15) is 52.2 Å². The van der Waals surface area contributed by atoms with E-state index in [1.807, 2.05) is 13.0 Å². The number of benzene rings is 1. The molecule has 182 valence electrons. The van der Waals surface area contributed by atoms with Gasteiger partial charge in [0.2, 0.25) is 0 Å². The lowest BCUT2D eigenvalue weighted by Crippen LogP contribution is -2.26. The van der Waals surface area contributed by atoms with Gasteiger partial charge in [0, 0.05) is 50.4 Å². The van der Waals surface area contributed by atoms with E-state index in [0.29, 0.717) is 29.3 Å². The van der Waals surface area contributed by atoms with Gasteiger partial charge >= 0.3 is 12.0 Å². The molecule has 0 N–H and O–H groups in total. The molecule has 0 aliphatic rings. The first-order chi connectivity index (χ1) is 16.8. The second kappa shape index (κ2) is 10.1. The maximum absolute atomic E-state index is 13.2. The van der Waals surface area contributed by atoms with Crippen LogP contribution >= 0.6 is 0 Å². The molecule has 0 radical (unpaired) electrons. The average Bonchev–Trinajstić information content (AvgIpc) is 3.40. The quantitative estimate of drug-likeness (QED) is 0.212. The monoisotopic (exact) mass is 475 g/mol. The number of amides is 1. The van der Waals surface area contributed by atoms with E-state index in [2.05, 4.69) is 14.5 Å². The normalized spacial score (nSPS) is 11.2. The Labute approximate surface area is 203 Å². The molecule has 0 saturated carbocycles. The van der Waals surface area contributed by atoms with Gasteiger partial charge in [-0.2, -0.15) is 0 Å². The number of unbranched alkanes of at least 4 members (excludes halogenated alkanes) is 2. The number of fused-ring (bicyclic) bond motifs is 2. The van der Waals surface area contributed by atoms with Crippen LogP contribution in [0.15, 0.2) is 42.9 Å². The second-order valence-corrected chi connectivity index (χ2v) is 8.69. The van der Waals surface area contributed by atoms with Crippen LogP contribution in [0.5, 0.6) is 0 Å². The number of methoxy groups -OCH3 is 1. The number of hydrogen-bond acceptors (Lipinski definition) is 6.